The first-order valence-electron chi connectivity index (χ1n) is 4.13. The average Bonchev–Trinajstić information content (AvgIpc) is 2.20. The summed E-state index contributed by atoms with van der Waals surface area (Å²) >= 11 is 3.22. The molecule has 6 heteroatoms. The fourth-order valence-corrected chi connectivity index (χ4v) is 1.63. The number of nitro groups is 1. The minimum Gasteiger partial charge on any atom is -0.468 e. The Labute approximate surface area is 94.3 Å². The second-order valence-electron chi connectivity index (χ2n) is 2.75. The summed E-state index contributed by atoms with van der Waals surface area (Å²) in [5, 5.41) is 10.4. The van der Waals surface area contributed by atoms with Crippen LogP contribution in [0, 0.1) is 10.1 Å². The largest absolute Gasteiger partial charge is 0.468 e. The summed E-state index contributed by atoms with van der Waals surface area (Å²) in [4.78, 5) is 19.9. The van der Waals surface area contributed by atoms with Crippen LogP contribution in [0.15, 0.2) is 22.7 Å². The number of ether oxygens (including phenoxy) is 1. The predicted molar refractivity (Wildman–Crippen MR) is 56.5 cm³/mol. The molecule has 0 spiro atoms. The zero-order chi connectivity index (χ0) is 11.3. The van der Waals surface area contributed by atoms with Crippen LogP contribution in [0.4, 0.5) is 5.69 Å². The lowest BCUT2D eigenvalue weighted by Crippen LogP contribution is -1.98. The molecule has 15 heavy (non-hydrogen) atoms. The summed E-state index contributed by atoms with van der Waals surface area (Å²) in [6, 6.07) is 4.48. The number of halogens is 1. The molecule has 0 atom stereocenters. The summed E-state index contributed by atoms with van der Waals surface area (Å²) in [5.74, 6) is 0. The van der Waals surface area contributed by atoms with E-state index in [1.54, 1.807) is 6.07 Å². The molecular formula is C9H8BrNO4. The van der Waals surface area contributed by atoms with E-state index >= 15 is 0 Å². The van der Waals surface area contributed by atoms with E-state index in [4.69, 9.17) is 0 Å². The van der Waals surface area contributed by atoms with Crippen molar-refractivity contribution in [3.8, 4) is 0 Å². The van der Waals surface area contributed by atoms with Crippen molar-refractivity contribution in [3.05, 3.63) is 38.3 Å². The quantitative estimate of drug-likeness (QED) is 0.356. The molecule has 1 rings (SSSR count). The minimum atomic E-state index is -0.462. The molecule has 80 valence electrons. The van der Waals surface area contributed by atoms with Gasteiger partial charge in [0.1, 0.15) is 0 Å². The van der Waals surface area contributed by atoms with Gasteiger partial charge in [-0.3, -0.25) is 14.9 Å². The zero-order valence-corrected chi connectivity index (χ0v) is 9.27. The van der Waals surface area contributed by atoms with Crippen molar-refractivity contribution in [2.45, 2.75) is 6.42 Å². The van der Waals surface area contributed by atoms with E-state index in [0.29, 0.717) is 17.4 Å². The van der Waals surface area contributed by atoms with Crippen LogP contribution >= 0.6 is 15.9 Å². The van der Waals surface area contributed by atoms with Crippen LogP contribution in [0.5, 0.6) is 0 Å². The standard InChI is InChI=1S/C9H8BrNO4/c10-9-5-8(11(13)14)2-1-7(9)3-4-15-6-12/h1-2,5-6H,3-4H2. The van der Waals surface area contributed by atoms with Crippen molar-refractivity contribution in [1.82, 2.24) is 0 Å². The third-order valence-corrected chi connectivity index (χ3v) is 2.54. The predicted octanol–water partition coefficient (Wildman–Crippen LogP) is 2.07. The highest BCUT2D eigenvalue weighted by Gasteiger charge is 2.08. The fraction of sp³-hybridized carbons (Fsp3) is 0.222. The Morgan fingerprint density at radius 2 is 2.27 bits per heavy atom. The molecule has 0 aromatic heterocycles. The summed E-state index contributed by atoms with van der Waals surface area (Å²) in [7, 11) is 0. The van der Waals surface area contributed by atoms with E-state index in [-0.39, 0.29) is 12.3 Å². The van der Waals surface area contributed by atoms with E-state index in [2.05, 4.69) is 20.7 Å². The zero-order valence-electron chi connectivity index (χ0n) is 7.68. The molecular weight excluding hydrogens is 266 g/mol. The van der Waals surface area contributed by atoms with Crippen LogP contribution in [-0.2, 0) is 16.0 Å². The van der Waals surface area contributed by atoms with Crippen LogP contribution in [-0.4, -0.2) is 18.0 Å². The van der Waals surface area contributed by atoms with Crippen LogP contribution in [0.2, 0.25) is 0 Å². The van der Waals surface area contributed by atoms with Gasteiger partial charge in [-0.15, -0.1) is 0 Å². The first-order chi connectivity index (χ1) is 7.15. The molecule has 0 unspecified atom stereocenters. The van der Waals surface area contributed by atoms with Crippen molar-refractivity contribution >= 4 is 28.1 Å². The lowest BCUT2D eigenvalue weighted by atomic mass is 10.1. The molecule has 0 fully saturated rings. The number of nitrogens with zero attached hydrogens (tertiary/aromatic N) is 1. The van der Waals surface area contributed by atoms with Gasteiger partial charge in [0.15, 0.2) is 0 Å². The van der Waals surface area contributed by atoms with Crippen molar-refractivity contribution in [1.29, 1.82) is 0 Å². The SMILES string of the molecule is O=COCCc1ccc([N+](=O)[O-])cc1Br. The lowest BCUT2D eigenvalue weighted by molar-refractivity contribution is -0.384. The highest BCUT2D eigenvalue weighted by atomic mass is 79.9. The molecule has 0 saturated heterocycles. The molecule has 0 bridgehead atoms. The molecule has 1 aromatic carbocycles. The number of hydrogen-bond donors (Lipinski definition) is 0. The molecule has 0 amide bonds. The Kier molecular flexibility index (Phi) is 4.23. The van der Waals surface area contributed by atoms with Gasteiger partial charge in [-0.2, -0.15) is 0 Å². The molecule has 0 heterocycles. The fourth-order valence-electron chi connectivity index (χ4n) is 1.07. The Morgan fingerprint density at radius 1 is 1.53 bits per heavy atom. The second-order valence-corrected chi connectivity index (χ2v) is 3.60. The van der Waals surface area contributed by atoms with Gasteiger partial charge < -0.3 is 4.74 Å². The van der Waals surface area contributed by atoms with Crippen molar-refractivity contribution in [3.63, 3.8) is 0 Å². The highest BCUT2D eigenvalue weighted by Crippen LogP contribution is 2.23. The third kappa shape index (κ3) is 3.32. The molecule has 5 nitrogen and oxygen atoms in total. The molecule has 0 saturated carbocycles. The maximum atomic E-state index is 10.4. The molecule has 1 aromatic rings. The van der Waals surface area contributed by atoms with Crippen LogP contribution in [0.3, 0.4) is 0 Å². The van der Waals surface area contributed by atoms with E-state index in [1.807, 2.05) is 0 Å². The minimum absolute atomic E-state index is 0.0296. The Hall–Kier alpha value is -1.43. The maximum Gasteiger partial charge on any atom is 0.293 e. The highest BCUT2D eigenvalue weighted by molar-refractivity contribution is 9.10. The second kappa shape index (κ2) is 5.45. The Bertz CT molecular complexity index is 380. The van der Waals surface area contributed by atoms with E-state index < -0.39 is 4.92 Å². The summed E-state index contributed by atoms with van der Waals surface area (Å²) in [6.45, 7) is 0.638. The number of carbonyl (C=O) groups excluding carboxylic acids is 1. The number of rotatable bonds is 5. The third-order valence-electron chi connectivity index (χ3n) is 1.80. The monoisotopic (exact) mass is 273 g/mol. The number of benzene rings is 1. The van der Waals surface area contributed by atoms with Crippen molar-refractivity contribution in [2.75, 3.05) is 6.61 Å². The average molecular weight is 274 g/mol. The van der Waals surface area contributed by atoms with Crippen LogP contribution in [0.1, 0.15) is 5.56 Å². The van der Waals surface area contributed by atoms with Gasteiger partial charge in [-0.05, 0) is 5.56 Å². The topological polar surface area (TPSA) is 69.4 Å². The summed E-state index contributed by atoms with van der Waals surface area (Å²) < 4.78 is 5.18. The van der Waals surface area contributed by atoms with Gasteiger partial charge >= 0.3 is 0 Å². The Balaban J connectivity index is 2.74. The smallest absolute Gasteiger partial charge is 0.293 e. The van der Waals surface area contributed by atoms with E-state index in [9.17, 15) is 14.9 Å². The van der Waals surface area contributed by atoms with Gasteiger partial charge in [-0.25, -0.2) is 0 Å². The van der Waals surface area contributed by atoms with Gasteiger partial charge in [-0.1, -0.05) is 22.0 Å². The maximum absolute atomic E-state index is 10.4. The van der Waals surface area contributed by atoms with Crippen molar-refractivity contribution in [2.24, 2.45) is 0 Å². The lowest BCUT2D eigenvalue weighted by Gasteiger charge is -2.03. The number of nitro benzene ring substituents is 1. The van der Waals surface area contributed by atoms with Gasteiger partial charge in [0, 0.05) is 23.0 Å². The van der Waals surface area contributed by atoms with Gasteiger partial charge in [0.25, 0.3) is 12.2 Å². The first-order valence-corrected chi connectivity index (χ1v) is 4.92. The molecule has 0 N–H and O–H groups in total. The normalized spacial score (nSPS) is 9.67. The summed E-state index contributed by atoms with van der Waals surface area (Å²) in [5.41, 5.74) is 0.893. The first kappa shape index (κ1) is 11.6. The van der Waals surface area contributed by atoms with Gasteiger partial charge in [0.2, 0.25) is 0 Å². The summed E-state index contributed by atoms with van der Waals surface area (Å²) in [6.07, 6.45) is 0.525. The number of non-ortho nitro benzene ring substituents is 1. The van der Waals surface area contributed by atoms with Gasteiger partial charge in [0.05, 0.1) is 11.5 Å². The molecule has 0 aliphatic carbocycles. The Morgan fingerprint density at radius 3 is 2.80 bits per heavy atom. The van der Waals surface area contributed by atoms with Crippen molar-refractivity contribution < 1.29 is 14.5 Å². The molecule has 0 aliphatic rings. The van der Waals surface area contributed by atoms with Crippen LogP contribution < -0.4 is 0 Å². The number of carbonyl (C=O) groups is 1. The van der Waals surface area contributed by atoms with E-state index in [0.717, 1.165) is 5.56 Å². The molecule has 0 aliphatic heterocycles. The number of hydrogen-bond acceptors (Lipinski definition) is 4. The molecule has 0 radical (unpaired) electrons. The van der Waals surface area contributed by atoms with E-state index in [1.165, 1.54) is 12.1 Å². The van der Waals surface area contributed by atoms with Crippen LogP contribution in [0.25, 0.3) is 0 Å².